The summed E-state index contributed by atoms with van der Waals surface area (Å²) in [6.07, 6.45) is 2.69. The number of piperidine rings is 1. The molecule has 2 amide bonds. The number of rotatable bonds is 6. The third kappa shape index (κ3) is 3.88. The van der Waals surface area contributed by atoms with Crippen molar-refractivity contribution in [2.24, 2.45) is 5.92 Å². The van der Waals surface area contributed by atoms with Crippen molar-refractivity contribution in [1.29, 1.82) is 0 Å². The first-order chi connectivity index (χ1) is 13.4. The number of para-hydroxylation sites is 2. The fraction of sp³-hybridized carbons (Fsp3) is 0.636. The number of likely N-dealkylation sites (N-methyl/N-ethyl adjacent to an activating group) is 1. The minimum absolute atomic E-state index is 0.0214. The summed E-state index contributed by atoms with van der Waals surface area (Å²) in [6, 6.07) is 7.28. The van der Waals surface area contributed by atoms with Crippen LogP contribution in [0.15, 0.2) is 24.3 Å². The smallest absolute Gasteiger partial charge is 0.253 e. The Morgan fingerprint density at radius 2 is 1.89 bits per heavy atom. The van der Waals surface area contributed by atoms with Crippen LogP contribution in [0, 0.1) is 5.92 Å². The van der Waals surface area contributed by atoms with Gasteiger partial charge in [0.05, 0.1) is 11.4 Å². The number of carbonyl (C=O) groups excluding carboxylic acids is 2. The summed E-state index contributed by atoms with van der Waals surface area (Å²) in [5.74, 6) is 0.573. The zero-order chi connectivity index (χ0) is 20.3. The van der Waals surface area contributed by atoms with Crippen LogP contribution in [0.5, 0.6) is 0 Å². The van der Waals surface area contributed by atoms with Crippen LogP contribution in [0.2, 0.25) is 0 Å². The highest BCUT2D eigenvalue weighted by molar-refractivity contribution is 6.11. The Hall–Kier alpha value is -2.08. The van der Waals surface area contributed by atoms with Gasteiger partial charge in [0.25, 0.3) is 5.91 Å². The molecule has 0 aromatic heterocycles. The summed E-state index contributed by atoms with van der Waals surface area (Å²) >= 11 is 0. The quantitative estimate of drug-likeness (QED) is 0.789. The second-order valence-electron chi connectivity index (χ2n) is 8.28. The number of amides is 2. The fourth-order valence-electron chi connectivity index (χ4n) is 4.29. The molecule has 6 nitrogen and oxygen atoms in total. The summed E-state index contributed by atoms with van der Waals surface area (Å²) < 4.78 is 0. The number of hydrogen-bond acceptors (Lipinski definition) is 4. The van der Waals surface area contributed by atoms with Crippen LogP contribution >= 0.6 is 0 Å². The Morgan fingerprint density at radius 1 is 1.21 bits per heavy atom. The van der Waals surface area contributed by atoms with E-state index in [1.165, 1.54) is 6.42 Å². The van der Waals surface area contributed by atoms with Crippen LogP contribution in [-0.4, -0.2) is 54.5 Å². The summed E-state index contributed by atoms with van der Waals surface area (Å²) in [5.41, 5.74) is 1.11. The first-order valence-corrected chi connectivity index (χ1v) is 10.6. The lowest BCUT2D eigenvalue weighted by molar-refractivity contribution is -0.129. The lowest BCUT2D eigenvalue weighted by Crippen LogP contribution is -2.65. The molecule has 1 fully saturated rings. The second kappa shape index (κ2) is 8.52. The standard InChI is InChI=1S/C22H34N4O2/c1-5-16(3)15-25-13-11-22(12-14-25)21(28)26(17(4)20(27)23-6-2)19-10-8-7-9-18(19)24-22/h7-10,16-17,24H,5-6,11-15H2,1-4H3,(H,23,27)/t16-,17-/m0/s1. The molecule has 2 aliphatic rings. The molecule has 28 heavy (non-hydrogen) atoms. The van der Waals surface area contributed by atoms with Crippen LogP contribution in [0.25, 0.3) is 0 Å². The molecule has 0 unspecified atom stereocenters. The van der Waals surface area contributed by atoms with Gasteiger partial charge in [-0.2, -0.15) is 0 Å². The maximum Gasteiger partial charge on any atom is 0.253 e. The molecular formula is C22H34N4O2. The molecule has 154 valence electrons. The average Bonchev–Trinajstić information content (AvgIpc) is 2.70. The number of nitrogens with zero attached hydrogens (tertiary/aromatic N) is 2. The molecule has 2 aliphatic heterocycles. The average molecular weight is 387 g/mol. The Morgan fingerprint density at radius 3 is 2.54 bits per heavy atom. The van der Waals surface area contributed by atoms with E-state index in [1.807, 2.05) is 38.1 Å². The number of hydrogen-bond donors (Lipinski definition) is 2. The molecule has 3 rings (SSSR count). The van der Waals surface area contributed by atoms with Crippen molar-refractivity contribution in [2.45, 2.75) is 58.5 Å². The minimum atomic E-state index is -0.624. The third-order valence-corrected chi connectivity index (χ3v) is 6.26. The number of carbonyl (C=O) groups is 2. The Labute approximate surface area is 168 Å². The van der Waals surface area contributed by atoms with Crippen molar-refractivity contribution in [2.75, 3.05) is 36.4 Å². The van der Waals surface area contributed by atoms with Gasteiger partial charge in [-0.1, -0.05) is 32.4 Å². The van der Waals surface area contributed by atoms with Gasteiger partial charge >= 0.3 is 0 Å². The van der Waals surface area contributed by atoms with E-state index in [0.717, 1.165) is 43.9 Å². The van der Waals surface area contributed by atoms with Gasteiger partial charge in [0.1, 0.15) is 11.6 Å². The fourth-order valence-corrected chi connectivity index (χ4v) is 4.29. The lowest BCUT2D eigenvalue weighted by Gasteiger charge is -2.49. The molecule has 2 atom stereocenters. The van der Waals surface area contributed by atoms with E-state index in [-0.39, 0.29) is 11.8 Å². The van der Waals surface area contributed by atoms with Gasteiger partial charge in [-0.25, -0.2) is 0 Å². The normalized spacial score (nSPS) is 21.0. The Balaban J connectivity index is 1.85. The van der Waals surface area contributed by atoms with E-state index in [4.69, 9.17) is 0 Å². The van der Waals surface area contributed by atoms with Crippen LogP contribution in [-0.2, 0) is 9.59 Å². The third-order valence-electron chi connectivity index (χ3n) is 6.26. The molecule has 0 bridgehead atoms. The van der Waals surface area contributed by atoms with E-state index in [0.29, 0.717) is 12.5 Å². The molecule has 6 heteroatoms. The van der Waals surface area contributed by atoms with Crippen molar-refractivity contribution < 1.29 is 9.59 Å². The number of likely N-dealkylation sites (tertiary alicyclic amines) is 1. The minimum Gasteiger partial charge on any atom is -0.369 e. The first kappa shape index (κ1) is 20.6. The molecule has 1 spiro atoms. The molecule has 0 saturated carbocycles. The highest BCUT2D eigenvalue weighted by Gasteiger charge is 2.49. The largest absolute Gasteiger partial charge is 0.369 e. The van der Waals surface area contributed by atoms with Crippen molar-refractivity contribution in [1.82, 2.24) is 10.2 Å². The van der Waals surface area contributed by atoms with Gasteiger partial charge in [0.15, 0.2) is 0 Å². The summed E-state index contributed by atoms with van der Waals surface area (Å²) in [4.78, 5) is 30.4. The van der Waals surface area contributed by atoms with E-state index < -0.39 is 11.6 Å². The van der Waals surface area contributed by atoms with Gasteiger partial charge in [-0.3, -0.25) is 14.5 Å². The van der Waals surface area contributed by atoms with Crippen LogP contribution in [0.3, 0.4) is 0 Å². The van der Waals surface area contributed by atoms with Gasteiger partial charge in [0.2, 0.25) is 5.91 Å². The molecule has 2 heterocycles. The SMILES string of the molecule is CCNC(=O)[C@H](C)N1C(=O)C2(CCN(C[C@@H](C)CC)CC2)Nc2ccccc21. The molecular weight excluding hydrogens is 352 g/mol. The predicted molar refractivity (Wildman–Crippen MR) is 114 cm³/mol. The van der Waals surface area contributed by atoms with Gasteiger partial charge < -0.3 is 15.5 Å². The highest BCUT2D eigenvalue weighted by atomic mass is 16.2. The number of anilines is 2. The van der Waals surface area contributed by atoms with Crippen molar-refractivity contribution in [3.05, 3.63) is 24.3 Å². The summed E-state index contributed by atoms with van der Waals surface area (Å²) in [6.45, 7) is 11.6. The Kier molecular flexibility index (Phi) is 6.28. The molecule has 0 radical (unpaired) electrons. The van der Waals surface area contributed by atoms with Gasteiger partial charge in [0, 0.05) is 26.2 Å². The summed E-state index contributed by atoms with van der Waals surface area (Å²) in [7, 11) is 0. The van der Waals surface area contributed by atoms with Crippen LogP contribution in [0.1, 0.15) is 47.0 Å². The molecule has 1 saturated heterocycles. The summed E-state index contributed by atoms with van der Waals surface area (Å²) in [5, 5.41) is 6.42. The number of nitrogens with one attached hydrogen (secondary N) is 2. The van der Waals surface area contributed by atoms with Gasteiger partial charge in [-0.15, -0.1) is 0 Å². The second-order valence-corrected chi connectivity index (χ2v) is 8.28. The molecule has 2 N–H and O–H groups in total. The van der Waals surface area contributed by atoms with E-state index in [9.17, 15) is 9.59 Å². The van der Waals surface area contributed by atoms with E-state index in [2.05, 4.69) is 29.4 Å². The lowest BCUT2D eigenvalue weighted by atomic mass is 9.82. The van der Waals surface area contributed by atoms with E-state index in [1.54, 1.807) is 4.90 Å². The number of fused-ring (bicyclic) bond motifs is 1. The number of benzene rings is 1. The monoisotopic (exact) mass is 386 g/mol. The predicted octanol–water partition coefficient (Wildman–Crippen LogP) is 2.85. The topological polar surface area (TPSA) is 64.7 Å². The maximum atomic E-state index is 13.7. The molecule has 0 aliphatic carbocycles. The van der Waals surface area contributed by atoms with Crippen LogP contribution < -0.4 is 15.5 Å². The van der Waals surface area contributed by atoms with E-state index >= 15 is 0 Å². The maximum absolute atomic E-state index is 13.7. The van der Waals surface area contributed by atoms with Crippen molar-refractivity contribution in [3.8, 4) is 0 Å². The zero-order valence-corrected chi connectivity index (χ0v) is 17.6. The van der Waals surface area contributed by atoms with Crippen LogP contribution in [0.4, 0.5) is 11.4 Å². The highest BCUT2D eigenvalue weighted by Crippen LogP contribution is 2.41. The first-order valence-electron chi connectivity index (χ1n) is 10.6. The zero-order valence-electron chi connectivity index (χ0n) is 17.6. The Bertz CT molecular complexity index is 712. The van der Waals surface area contributed by atoms with Gasteiger partial charge in [-0.05, 0) is 44.7 Å². The van der Waals surface area contributed by atoms with Crippen molar-refractivity contribution in [3.63, 3.8) is 0 Å². The molecule has 1 aromatic carbocycles. The van der Waals surface area contributed by atoms with Crippen molar-refractivity contribution >= 4 is 23.2 Å². The molecule has 1 aromatic rings.